The third-order valence-corrected chi connectivity index (χ3v) is 2.12. The maximum absolute atomic E-state index is 3.68. The van der Waals surface area contributed by atoms with Crippen molar-refractivity contribution in [3.8, 4) is 0 Å². The molecule has 0 amide bonds. The maximum Gasteiger partial charge on any atom is 0.0896 e. The number of rotatable bonds is 5. The fourth-order valence-electron chi connectivity index (χ4n) is 1.26. The van der Waals surface area contributed by atoms with Crippen LogP contribution < -0.4 is 5.32 Å². The molecule has 16 heavy (non-hydrogen) atoms. The van der Waals surface area contributed by atoms with E-state index in [1.54, 1.807) is 0 Å². The van der Waals surface area contributed by atoms with E-state index >= 15 is 0 Å². The highest BCUT2D eigenvalue weighted by molar-refractivity contribution is 5.85. The molecule has 0 atom stereocenters. The molecular weight excluding hydrogens is 222 g/mol. The molecule has 0 saturated heterocycles. The van der Waals surface area contributed by atoms with E-state index in [0.29, 0.717) is 0 Å². The van der Waals surface area contributed by atoms with Crippen LogP contribution in [0.25, 0.3) is 0 Å². The van der Waals surface area contributed by atoms with E-state index in [0.717, 1.165) is 32.8 Å². The zero-order valence-corrected chi connectivity index (χ0v) is 11.6. The quantitative estimate of drug-likeness (QED) is 0.752. The SMILES string of the molecule is C=CCN1C=CN(CC)C1.CCNCC.Cl. The van der Waals surface area contributed by atoms with E-state index in [4.69, 9.17) is 0 Å². The summed E-state index contributed by atoms with van der Waals surface area (Å²) in [5.41, 5.74) is 0. The van der Waals surface area contributed by atoms with Gasteiger partial charge < -0.3 is 15.1 Å². The van der Waals surface area contributed by atoms with Crippen molar-refractivity contribution in [1.82, 2.24) is 15.1 Å². The summed E-state index contributed by atoms with van der Waals surface area (Å²) in [6.45, 7) is 15.3. The standard InChI is InChI=1S/C8H14N2.C4H11N.ClH/c1-3-5-10-7-6-9(4-2)8-10;1-3-5-4-2;/h3,6-7H,1,4-5,8H2,2H3;5H,3-4H2,1-2H3;1H. The summed E-state index contributed by atoms with van der Waals surface area (Å²) in [5, 5.41) is 3.11. The van der Waals surface area contributed by atoms with Gasteiger partial charge in [0, 0.05) is 25.5 Å². The predicted octanol–water partition coefficient (Wildman–Crippen LogP) is 2.28. The van der Waals surface area contributed by atoms with Crippen molar-refractivity contribution in [2.75, 3.05) is 32.8 Å². The second-order valence-electron chi connectivity index (χ2n) is 3.36. The zero-order valence-electron chi connectivity index (χ0n) is 10.8. The van der Waals surface area contributed by atoms with E-state index in [1.165, 1.54) is 0 Å². The Balaban J connectivity index is 0. The number of hydrogen-bond donors (Lipinski definition) is 1. The summed E-state index contributed by atoms with van der Waals surface area (Å²) in [4.78, 5) is 4.47. The van der Waals surface area contributed by atoms with Gasteiger partial charge in [-0.25, -0.2) is 0 Å². The summed E-state index contributed by atoms with van der Waals surface area (Å²) in [6, 6.07) is 0. The van der Waals surface area contributed by atoms with Gasteiger partial charge in [0.25, 0.3) is 0 Å². The lowest BCUT2D eigenvalue weighted by molar-refractivity contribution is 0.291. The first-order valence-corrected chi connectivity index (χ1v) is 5.76. The molecule has 0 bridgehead atoms. The van der Waals surface area contributed by atoms with E-state index < -0.39 is 0 Å². The van der Waals surface area contributed by atoms with Crippen LogP contribution in [-0.4, -0.2) is 42.6 Å². The van der Waals surface area contributed by atoms with Crippen molar-refractivity contribution in [3.63, 3.8) is 0 Å². The monoisotopic (exact) mass is 247 g/mol. The minimum Gasteiger partial charge on any atom is -0.359 e. The molecule has 0 aromatic carbocycles. The summed E-state index contributed by atoms with van der Waals surface area (Å²) in [6.07, 6.45) is 6.14. The first kappa shape index (κ1) is 17.7. The second kappa shape index (κ2) is 12.4. The second-order valence-corrected chi connectivity index (χ2v) is 3.36. The molecule has 96 valence electrons. The van der Waals surface area contributed by atoms with E-state index in [1.807, 2.05) is 6.08 Å². The lowest BCUT2D eigenvalue weighted by Gasteiger charge is -2.17. The first-order chi connectivity index (χ1) is 7.28. The lowest BCUT2D eigenvalue weighted by atomic mass is 10.6. The highest BCUT2D eigenvalue weighted by Crippen LogP contribution is 2.04. The van der Waals surface area contributed by atoms with Crippen LogP contribution in [0.5, 0.6) is 0 Å². The minimum absolute atomic E-state index is 0. The maximum atomic E-state index is 3.68. The summed E-state index contributed by atoms with van der Waals surface area (Å²) in [5.74, 6) is 0. The smallest absolute Gasteiger partial charge is 0.0896 e. The van der Waals surface area contributed by atoms with Gasteiger partial charge in [0.15, 0.2) is 0 Å². The Morgan fingerprint density at radius 1 is 1.19 bits per heavy atom. The molecule has 4 heteroatoms. The largest absolute Gasteiger partial charge is 0.359 e. The third kappa shape index (κ3) is 8.62. The Morgan fingerprint density at radius 3 is 2.06 bits per heavy atom. The summed E-state index contributed by atoms with van der Waals surface area (Å²) < 4.78 is 0. The van der Waals surface area contributed by atoms with E-state index in [9.17, 15) is 0 Å². The molecule has 1 rings (SSSR count). The van der Waals surface area contributed by atoms with Gasteiger partial charge in [0.05, 0.1) is 6.67 Å². The van der Waals surface area contributed by atoms with Gasteiger partial charge in [-0.3, -0.25) is 0 Å². The van der Waals surface area contributed by atoms with Crippen LogP contribution in [0.3, 0.4) is 0 Å². The van der Waals surface area contributed by atoms with Gasteiger partial charge in [-0.15, -0.1) is 19.0 Å². The molecule has 1 N–H and O–H groups in total. The molecule has 0 aromatic rings. The van der Waals surface area contributed by atoms with E-state index in [2.05, 4.69) is 54.9 Å². The van der Waals surface area contributed by atoms with Gasteiger partial charge in [-0.2, -0.15) is 0 Å². The van der Waals surface area contributed by atoms with Gasteiger partial charge in [-0.1, -0.05) is 19.9 Å². The molecule has 3 nitrogen and oxygen atoms in total. The highest BCUT2D eigenvalue weighted by atomic mass is 35.5. The summed E-state index contributed by atoms with van der Waals surface area (Å²) in [7, 11) is 0. The van der Waals surface area contributed by atoms with Crippen molar-refractivity contribution in [2.45, 2.75) is 20.8 Å². The number of nitrogens with zero attached hydrogens (tertiary/aromatic N) is 2. The van der Waals surface area contributed by atoms with Gasteiger partial charge in [-0.05, 0) is 20.0 Å². The Bertz CT molecular complexity index is 181. The zero-order chi connectivity index (χ0) is 11.5. The van der Waals surface area contributed by atoms with Crippen molar-refractivity contribution < 1.29 is 0 Å². The van der Waals surface area contributed by atoms with Gasteiger partial charge >= 0.3 is 0 Å². The van der Waals surface area contributed by atoms with Crippen LogP contribution in [0.15, 0.2) is 25.1 Å². The molecule has 0 saturated carbocycles. The Kier molecular flexibility index (Phi) is 13.7. The fraction of sp³-hybridized carbons (Fsp3) is 0.667. The lowest BCUT2D eigenvalue weighted by Crippen LogP contribution is -2.24. The fourth-order valence-corrected chi connectivity index (χ4v) is 1.26. The number of nitrogens with one attached hydrogen (secondary N) is 1. The van der Waals surface area contributed by atoms with Crippen molar-refractivity contribution in [3.05, 3.63) is 25.1 Å². The molecule has 0 aromatic heterocycles. The molecular formula is C12H26ClN3. The topological polar surface area (TPSA) is 18.5 Å². The normalized spacial score (nSPS) is 12.9. The minimum atomic E-state index is 0. The van der Waals surface area contributed by atoms with Crippen molar-refractivity contribution >= 4 is 12.4 Å². The van der Waals surface area contributed by atoms with Gasteiger partial charge in [0.1, 0.15) is 0 Å². The van der Waals surface area contributed by atoms with Crippen molar-refractivity contribution in [1.29, 1.82) is 0 Å². The van der Waals surface area contributed by atoms with Crippen LogP contribution in [-0.2, 0) is 0 Å². The Morgan fingerprint density at radius 2 is 1.75 bits per heavy atom. The molecule has 0 unspecified atom stereocenters. The molecule has 0 fully saturated rings. The Labute approximate surface area is 107 Å². The third-order valence-electron chi connectivity index (χ3n) is 2.12. The molecule has 0 aliphatic carbocycles. The van der Waals surface area contributed by atoms with E-state index in [-0.39, 0.29) is 12.4 Å². The van der Waals surface area contributed by atoms with Crippen LogP contribution >= 0.6 is 12.4 Å². The first-order valence-electron chi connectivity index (χ1n) is 5.76. The number of halogens is 1. The number of hydrogen-bond acceptors (Lipinski definition) is 3. The van der Waals surface area contributed by atoms with Crippen LogP contribution in [0.1, 0.15) is 20.8 Å². The highest BCUT2D eigenvalue weighted by Gasteiger charge is 2.06. The molecule has 1 aliphatic rings. The molecule has 0 radical (unpaired) electrons. The summed E-state index contributed by atoms with van der Waals surface area (Å²) >= 11 is 0. The Hall–Kier alpha value is -0.670. The average Bonchev–Trinajstić information content (AvgIpc) is 2.68. The molecule has 1 heterocycles. The molecule has 1 aliphatic heterocycles. The van der Waals surface area contributed by atoms with Crippen LogP contribution in [0.4, 0.5) is 0 Å². The predicted molar refractivity (Wildman–Crippen MR) is 74.8 cm³/mol. The van der Waals surface area contributed by atoms with Crippen LogP contribution in [0, 0.1) is 0 Å². The van der Waals surface area contributed by atoms with Crippen molar-refractivity contribution in [2.24, 2.45) is 0 Å². The average molecular weight is 248 g/mol. The molecule has 0 spiro atoms. The van der Waals surface area contributed by atoms with Crippen LogP contribution in [0.2, 0.25) is 0 Å². The van der Waals surface area contributed by atoms with Gasteiger partial charge in [0.2, 0.25) is 0 Å².